The molecule has 4 rings (SSSR count). The number of aliphatic hydroxyl groups excluding tert-OH is 1. The number of hydrogen-bond acceptors (Lipinski definition) is 14. The van der Waals surface area contributed by atoms with E-state index in [1.54, 1.807) is 0 Å². The second-order valence-corrected chi connectivity index (χ2v) is 13.7. The summed E-state index contributed by atoms with van der Waals surface area (Å²) >= 11 is 5.91. The van der Waals surface area contributed by atoms with E-state index in [0.29, 0.717) is 5.02 Å². The van der Waals surface area contributed by atoms with Gasteiger partial charge in [-0.05, 0) is 38.1 Å². The largest absolute Gasteiger partial charge is 0.468 e. The number of esters is 1. The quantitative estimate of drug-likeness (QED) is 0.119. The fourth-order valence-electron chi connectivity index (χ4n) is 4.29. The monoisotopic (exact) mass is 663 g/mol. The molecule has 17 nitrogen and oxygen atoms in total. The second kappa shape index (κ2) is 12.6. The highest BCUT2D eigenvalue weighted by Crippen LogP contribution is 2.47. The molecule has 1 aliphatic rings. The number of aliphatic hydroxyl groups is 2. The minimum atomic E-state index is -4.32. The third-order valence-electron chi connectivity index (χ3n) is 6.32. The van der Waals surface area contributed by atoms with Crippen LogP contribution in [0.25, 0.3) is 11.2 Å². The number of aromatic nitrogens is 4. The highest BCUT2D eigenvalue weighted by atomic mass is 35.5. The van der Waals surface area contributed by atoms with E-state index >= 15 is 0 Å². The molecule has 3 aromatic rings. The standard InChI is InChI=1S/C23H31ClN7O10PS/c1-13(21(33)38-4)28-42(35,41-15-8-6-14(24)7-9-15)39-10-16-18(32)23(2,34)22(40-16)31-12-27-17-19(25-11-26-20(17)31)30(3)29-43(5,36)37/h6-9,11-13,16,18,22,29,32,34H,10H2,1-5H3,(H,28,35)/t13?,16-,18-,22-,23-,42?/m1/s1. The van der Waals surface area contributed by atoms with Crippen LogP contribution in [0.5, 0.6) is 5.75 Å². The molecule has 3 heterocycles. The van der Waals surface area contributed by atoms with E-state index in [9.17, 15) is 28.0 Å². The van der Waals surface area contributed by atoms with Crippen LogP contribution < -0.4 is 19.5 Å². The van der Waals surface area contributed by atoms with Gasteiger partial charge in [0.2, 0.25) is 10.0 Å². The fraction of sp³-hybridized carbons (Fsp3) is 0.478. The van der Waals surface area contributed by atoms with Gasteiger partial charge < -0.3 is 24.2 Å². The number of rotatable bonds is 12. The molecule has 1 fully saturated rings. The zero-order chi connectivity index (χ0) is 31.7. The lowest BCUT2D eigenvalue weighted by Crippen LogP contribution is -2.44. The van der Waals surface area contributed by atoms with Crippen LogP contribution in [0.3, 0.4) is 0 Å². The minimum absolute atomic E-state index is 0.103. The maximum absolute atomic E-state index is 13.7. The summed E-state index contributed by atoms with van der Waals surface area (Å²) in [6.45, 7) is 2.14. The van der Waals surface area contributed by atoms with Crippen LogP contribution in [0.1, 0.15) is 20.1 Å². The van der Waals surface area contributed by atoms with Gasteiger partial charge in [0.25, 0.3) is 0 Å². The summed E-state index contributed by atoms with van der Waals surface area (Å²) in [5, 5.41) is 26.3. The first-order valence-corrected chi connectivity index (χ1v) is 16.4. The van der Waals surface area contributed by atoms with Gasteiger partial charge >= 0.3 is 13.7 Å². The normalized spacial score (nSPS) is 24.4. The number of sulfonamides is 1. The van der Waals surface area contributed by atoms with Gasteiger partial charge in [-0.15, -0.1) is 4.83 Å². The van der Waals surface area contributed by atoms with Crippen molar-refractivity contribution in [2.24, 2.45) is 0 Å². The number of benzene rings is 1. The molecule has 1 aromatic carbocycles. The van der Waals surface area contributed by atoms with Crippen LogP contribution in [0.4, 0.5) is 5.82 Å². The van der Waals surface area contributed by atoms with Gasteiger partial charge in [-0.2, -0.15) is 5.09 Å². The fourth-order valence-corrected chi connectivity index (χ4v) is 6.50. The van der Waals surface area contributed by atoms with E-state index in [1.807, 2.05) is 0 Å². The van der Waals surface area contributed by atoms with Crippen molar-refractivity contribution in [1.29, 1.82) is 0 Å². The first-order chi connectivity index (χ1) is 20.0. The number of anilines is 1. The lowest BCUT2D eigenvalue weighted by atomic mass is 9.96. The van der Waals surface area contributed by atoms with Crippen molar-refractivity contribution in [1.82, 2.24) is 29.4 Å². The molecule has 0 radical (unpaired) electrons. The summed E-state index contributed by atoms with van der Waals surface area (Å²) < 4.78 is 60.3. The Bertz CT molecular complexity index is 1620. The number of ether oxygens (including phenoxy) is 2. The van der Waals surface area contributed by atoms with Crippen LogP contribution in [0.15, 0.2) is 36.9 Å². The number of fused-ring (bicyclic) bond motifs is 1. The molecule has 4 N–H and O–H groups in total. The Morgan fingerprint density at radius 3 is 2.60 bits per heavy atom. The predicted octanol–water partition coefficient (Wildman–Crippen LogP) is 0.744. The number of nitrogens with one attached hydrogen (secondary N) is 2. The van der Waals surface area contributed by atoms with Crippen LogP contribution in [-0.4, -0.2) is 95.0 Å². The number of carbonyl (C=O) groups is 1. The van der Waals surface area contributed by atoms with E-state index < -0.39 is 60.4 Å². The molecule has 0 amide bonds. The lowest BCUT2D eigenvalue weighted by Gasteiger charge is -2.27. The molecule has 1 saturated heterocycles. The Kier molecular flexibility index (Phi) is 9.65. The Balaban J connectivity index is 1.58. The van der Waals surface area contributed by atoms with Crippen molar-refractivity contribution in [3.8, 4) is 5.75 Å². The zero-order valence-electron chi connectivity index (χ0n) is 23.6. The smallest absolute Gasteiger partial charge is 0.459 e. The number of methoxy groups -OCH3 is 1. The van der Waals surface area contributed by atoms with E-state index in [4.69, 9.17) is 25.4 Å². The summed E-state index contributed by atoms with van der Waals surface area (Å²) in [5.41, 5.74) is -1.63. The number of carbonyl (C=O) groups excluding carboxylic acids is 1. The average Bonchev–Trinajstić information content (AvgIpc) is 3.45. The molecule has 2 aromatic heterocycles. The zero-order valence-corrected chi connectivity index (χ0v) is 26.1. The number of hydrogen-bond donors (Lipinski definition) is 4. The van der Waals surface area contributed by atoms with Gasteiger partial charge in [0.15, 0.2) is 23.2 Å². The second-order valence-electron chi connectivity index (χ2n) is 9.85. The van der Waals surface area contributed by atoms with Crippen molar-refractivity contribution in [2.45, 2.75) is 43.9 Å². The summed E-state index contributed by atoms with van der Waals surface area (Å²) in [7, 11) is -5.38. The highest BCUT2D eigenvalue weighted by Gasteiger charge is 2.54. The van der Waals surface area contributed by atoms with Crippen molar-refractivity contribution in [3.63, 3.8) is 0 Å². The molecule has 2 unspecified atom stereocenters. The minimum Gasteiger partial charge on any atom is -0.468 e. The third kappa shape index (κ3) is 7.42. The van der Waals surface area contributed by atoms with Gasteiger partial charge in [-0.1, -0.05) is 11.6 Å². The lowest BCUT2D eigenvalue weighted by molar-refractivity contribution is -0.142. The van der Waals surface area contributed by atoms with E-state index in [2.05, 4.69) is 29.6 Å². The molecular weight excluding hydrogens is 633 g/mol. The maximum Gasteiger partial charge on any atom is 0.459 e. The molecule has 0 aliphatic carbocycles. The van der Waals surface area contributed by atoms with Gasteiger partial charge in [0, 0.05) is 12.1 Å². The molecule has 6 atom stereocenters. The van der Waals surface area contributed by atoms with Crippen LogP contribution in [-0.2, 0) is 33.4 Å². The van der Waals surface area contributed by atoms with Crippen LogP contribution in [0.2, 0.25) is 5.02 Å². The molecule has 43 heavy (non-hydrogen) atoms. The summed E-state index contributed by atoms with van der Waals surface area (Å²) in [6, 6.07) is 4.75. The predicted molar refractivity (Wildman–Crippen MR) is 152 cm³/mol. The number of hydrazine groups is 1. The van der Waals surface area contributed by atoms with E-state index in [-0.39, 0.29) is 22.7 Å². The molecular formula is C23H31ClN7O10PS. The topological polar surface area (TPSA) is 217 Å². The van der Waals surface area contributed by atoms with Crippen molar-refractivity contribution in [3.05, 3.63) is 41.9 Å². The van der Waals surface area contributed by atoms with E-state index in [1.165, 1.54) is 56.1 Å². The van der Waals surface area contributed by atoms with Crippen molar-refractivity contribution in [2.75, 3.05) is 32.0 Å². The summed E-state index contributed by atoms with van der Waals surface area (Å²) in [5.74, 6) is -0.529. The van der Waals surface area contributed by atoms with Gasteiger partial charge in [-0.25, -0.2) is 27.9 Å². The summed E-state index contributed by atoms with van der Waals surface area (Å²) in [4.78, 5) is 26.8. The molecule has 0 spiro atoms. The number of imidazole rings is 1. The first-order valence-electron chi connectivity index (χ1n) is 12.5. The molecule has 1 aliphatic heterocycles. The van der Waals surface area contributed by atoms with Gasteiger partial charge in [0.05, 0.1) is 26.3 Å². The molecule has 236 valence electrons. The molecule has 0 bridgehead atoms. The van der Waals surface area contributed by atoms with Gasteiger partial charge in [0.1, 0.15) is 35.9 Å². The Morgan fingerprint density at radius 2 is 1.98 bits per heavy atom. The maximum atomic E-state index is 13.7. The number of halogens is 1. The SMILES string of the molecule is COC(=O)C(C)NP(=O)(OC[C@H]1O[C@@H](n2cnc3c(N(C)NS(C)(=O)=O)ncnc32)[C@](C)(O)[C@@H]1O)Oc1ccc(Cl)cc1. The average molecular weight is 664 g/mol. The Labute approximate surface area is 251 Å². The van der Waals surface area contributed by atoms with Crippen molar-refractivity contribution < 1.29 is 46.5 Å². The van der Waals surface area contributed by atoms with Gasteiger partial charge in [-0.3, -0.25) is 18.9 Å². The Hall–Kier alpha value is -2.93. The first kappa shape index (κ1) is 33.0. The molecule has 20 heteroatoms. The highest BCUT2D eigenvalue weighted by molar-refractivity contribution is 7.88. The Morgan fingerprint density at radius 1 is 1.30 bits per heavy atom. The third-order valence-corrected chi connectivity index (χ3v) is 8.82. The number of nitrogens with zero attached hydrogens (tertiary/aromatic N) is 5. The summed E-state index contributed by atoms with van der Waals surface area (Å²) in [6.07, 6.45) is -0.705. The van der Waals surface area contributed by atoms with Crippen LogP contribution >= 0.6 is 19.3 Å². The molecule has 0 saturated carbocycles. The van der Waals surface area contributed by atoms with E-state index in [0.717, 1.165) is 24.7 Å². The van der Waals surface area contributed by atoms with Crippen LogP contribution in [0, 0.1) is 0 Å². The van der Waals surface area contributed by atoms with Crippen molar-refractivity contribution >= 4 is 52.3 Å².